The van der Waals surface area contributed by atoms with Gasteiger partial charge < -0.3 is 0 Å². The predicted molar refractivity (Wildman–Crippen MR) is 77.2 cm³/mol. The standard InChI is InChI=1S/C15H23NS/c1-16(15-10-6-3-7-11-15)13-17-12-14-8-4-2-5-9-14/h2,4-5,8-9,15H,3,6-7,10-13H2,1H3. The van der Waals surface area contributed by atoms with E-state index in [0.717, 1.165) is 11.8 Å². The monoisotopic (exact) mass is 249 g/mol. The molecule has 1 aromatic carbocycles. The lowest BCUT2D eigenvalue weighted by Gasteiger charge is -2.30. The second-order valence-electron chi connectivity index (χ2n) is 5.01. The van der Waals surface area contributed by atoms with Crippen molar-refractivity contribution >= 4 is 11.8 Å². The molecule has 1 fully saturated rings. The first-order valence-corrected chi connectivity index (χ1v) is 7.83. The molecular formula is C15H23NS. The molecule has 0 radical (unpaired) electrons. The van der Waals surface area contributed by atoms with Gasteiger partial charge in [-0.05, 0) is 25.5 Å². The van der Waals surface area contributed by atoms with Crippen molar-refractivity contribution in [3.63, 3.8) is 0 Å². The van der Waals surface area contributed by atoms with Gasteiger partial charge in [-0.3, -0.25) is 4.90 Å². The first-order chi connectivity index (χ1) is 8.36. The molecule has 0 amide bonds. The van der Waals surface area contributed by atoms with E-state index < -0.39 is 0 Å². The lowest BCUT2D eigenvalue weighted by atomic mass is 9.95. The van der Waals surface area contributed by atoms with Crippen LogP contribution in [-0.2, 0) is 5.75 Å². The number of hydrogen-bond acceptors (Lipinski definition) is 2. The summed E-state index contributed by atoms with van der Waals surface area (Å²) in [6.07, 6.45) is 7.11. The molecule has 1 nitrogen and oxygen atoms in total. The Balaban J connectivity index is 1.67. The van der Waals surface area contributed by atoms with Crippen LogP contribution in [0.3, 0.4) is 0 Å². The Morgan fingerprint density at radius 3 is 2.53 bits per heavy atom. The van der Waals surface area contributed by atoms with E-state index in [1.54, 1.807) is 0 Å². The van der Waals surface area contributed by atoms with Gasteiger partial charge in [0.05, 0.1) is 0 Å². The Kier molecular flexibility index (Phi) is 5.40. The highest BCUT2D eigenvalue weighted by Crippen LogP contribution is 2.23. The van der Waals surface area contributed by atoms with Gasteiger partial charge in [0, 0.05) is 17.7 Å². The van der Waals surface area contributed by atoms with Crippen molar-refractivity contribution in [2.45, 2.75) is 43.9 Å². The van der Waals surface area contributed by atoms with Crippen LogP contribution in [0.15, 0.2) is 30.3 Å². The normalized spacial score (nSPS) is 17.5. The molecule has 0 unspecified atom stereocenters. The molecule has 0 spiro atoms. The van der Waals surface area contributed by atoms with Gasteiger partial charge in [-0.15, -0.1) is 11.8 Å². The Morgan fingerprint density at radius 2 is 1.82 bits per heavy atom. The van der Waals surface area contributed by atoms with Gasteiger partial charge in [-0.2, -0.15) is 0 Å². The van der Waals surface area contributed by atoms with Gasteiger partial charge >= 0.3 is 0 Å². The van der Waals surface area contributed by atoms with Gasteiger partial charge in [-0.25, -0.2) is 0 Å². The minimum absolute atomic E-state index is 0.840. The van der Waals surface area contributed by atoms with Crippen molar-refractivity contribution in [2.24, 2.45) is 0 Å². The average molecular weight is 249 g/mol. The van der Waals surface area contributed by atoms with Gasteiger partial charge in [0.15, 0.2) is 0 Å². The minimum Gasteiger partial charge on any atom is -0.294 e. The number of nitrogens with zero attached hydrogens (tertiary/aromatic N) is 1. The quantitative estimate of drug-likeness (QED) is 0.721. The summed E-state index contributed by atoms with van der Waals surface area (Å²) < 4.78 is 0. The zero-order valence-electron chi connectivity index (χ0n) is 10.8. The van der Waals surface area contributed by atoms with E-state index >= 15 is 0 Å². The van der Waals surface area contributed by atoms with Crippen LogP contribution in [-0.4, -0.2) is 23.9 Å². The van der Waals surface area contributed by atoms with Crippen molar-refractivity contribution in [1.82, 2.24) is 4.90 Å². The molecule has 0 bridgehead atoms. The highest BCUT2D eigenvalue weighted by atomic mass is 32.2. The van der Waals surface area contributed by atoms with E-state index in [4.69, 9.17) is 0 Å². The fourth-order valence-electron chi connectivity index (χ4n) is 2.51. The molecule has 94 valence electrons. The highest BCUT2D eigenvalue weighted by Gasteiger charge is 2.17. The maximum absolute atomic E-state index is 2.55. The van der Waals surface area contributed by atoms with Gasteiger partial charge in [0.1, 0.15) is 0 Å². The van der Waals surface area contributed by atoms with Crippen molar-refractivity contribution in [2.75, 3.05) is 12.9 Å². The van der Waals surface area contributed by atoms with E-state index in [2.05, 4.69) is 42.3 Å². The van der Waals surface area contributed by atoms with E-state index in [-0.39, 0.29) is 0 Å². The van der Waals surface area contributed by atoms with Crippen LogP contribution in [0.25, 0.3) is 0 Å². The van der Waals surface area contributed by atoms with E-state index in [0.29, 0.717) is 0 Å². The molecule has 1 aliphatic carbocycles. The van der Waals surface area contributed by atoms with Crippen LogP contribution < -0.4 is 0 Å². The molecule has 0 aromatic heterocycles. The summed E-state index contributed by atoms with van der Waals surface area (Å²) in [7, 11) is 2.29. The van der Waals surface area contributed by atoms with Crippen LogP contribution in [0.2, 0.25) is 0 Å². The van der Waals surface area contributed by atoms with Crippen molar-refractivity contribution < 1.29 is 0 Å². The SMILES string of the molecule is CN(CSCc1ccccc1)C1CCCCC1. The van der Waals surface area contributed by atoms with E-state index in [1.165, 1.54) is 43.5 Å². The summed E-state index contributed by atoms with van der Waals surface area (Å²) >= 11 is 2.03. The molecule has 17 heavy (non-hydrogen) atoms. The minimum atomic E-state index is 0.840. The lowest BCUT2D eigenvalue weighted by molar-refractivity contribution is 0.220. The van der Waals surface area contributed by atoms with Gasteiger partial charge in [0.2, 0.25) is 0 Å². The van der Waals surface area contributed by atoms with Gasteiger partial charge in [-0.1, -0.05) is 49.6 Å². The second kappa shape index (κ2) is 7.07. The third-order valence-electron chi connectivity index (χ3n) is 3.60. The second-order valence-corrected chi connectivity index (χ2v) is 5.97. The number of thioether (sulfide) groups is 1. The van der Waals surface area contributed by atoms with Gasteiger partial charge in [0.25, 0.3) is 0 Å². The number of hydrogen-bond donors (Lipinski definition) is 0. The zero-order valence-corrected chi connectivity index (χ0v) is 11.6. The number of benzene rings is 1. The first kappa shape index (κ1) is 13.0. The molecule has 0 heterocycles. The maximum Gasteiger partial charge on any atom is 0.0447 e. The Labute approximate surface area is 110 Å². The summed E-state index contributed by atoms with van der Waals surface area (Å²) in [5.41, 5.74) is 1.44. The predicted octanol–water partition coefficient (Wildman–Crippen LogP) is 4.14. The average Bonchev–Trinajstić information content (AvgIpc) is 2.41. The van der Waals surface area contributed by atoms with E-state index in [1.807, 2.05) is 11.8 Å². The Hall–Kier alpha value is -0.470. The fourth-order valence-corrected chi connectivity index (χ4v) is 3.53. The third kappa shape index (κ3) is 4.36. The molecule has 0 saturated heterocycles. The topological polar surface area (TPSA) is 3.24 Å². The number of rotatable bonds is 5. The smallest absolute Gasteiger partial charge is 0.0447 e. The lowest BCUT2D eigenvalue weighted by Crippen LogP contribution is -2.33. The maximum atomic E-state index is 2.55. The van der Waals surface area contributed by atoms with Crippen LogP contribution in [0.4, 0.5) is 0 Å². The fraction of sp³-hybridized carbons (Fsp3) is 0.600. The summed E-state index contributed by atoms with van der Waals surface area (Å²) in [5.74, 6) is 2.30. The van der Waals surface area contributed by atoms with Crippen molar-refractivity contribution in [3.8, 4) is 0 Å². The van der Waals surface area contributed by atoms with Crippen LogP contribution >= 0.6 is 11.8 Å². The van der Waals surface area contributed by atoms with Crippen LogP contribution in [0, 0.1) is 0 Å². The molecule has 1 aliphatic rings. The Morgan fingerprint density at radius 1 is 1.12 bits per heavy atom. The van der Waals surface area contributed by atoms with Crippen molar-refractivity contribution in [3.05, 3.63) is 35.9 Å². The molecule has 0 aliphatic heterocycles. The molecule has 1 saturated carbocycles. The Bertz CT molecular complexity index is 306. The molecule has 0 N–H and O–H groups in total. The zero-order chi connectivity index (χ0) is 11.9. The molecular weight excluding hydrogens is 226 g/mol. The summed E-state index contributed by atoms with van der Waals surface area (Å²) in [4.78, 5) is 2.55. The highest BCUT2D eigenvalue weighted by molar-refractivity contribution is 7.98. The first-order valence-electron chi connectivity index (χ1n) is 6.68. The summed E-state index contributed by atoms with van der Waals surface area (Å²) in [5, 5.41) is 0. The molecule has 1 aromatic rings. The van der Waals surface area contributed by atoms with Crippen molar-refractivity contribution in [1.29, 1.82) is 0 Å². The third-order valence-corrected chi connectivity index (χ3v) is 4.73. The summed E-state index contributed by atoms with van der Waals surface area (Å²) in [6, 6.07) is 11.6. The largest absolute Gasteiger partial charge is 0.294 e. The van der Waals surface area contributed by atoms with E-state index in [9.17, 15) is 0 Å². The molecule has 2 rings (SSSR count). The van der Waals surface area contributed by atoms with Crippen LogP contribution in [0.1, 0.15) is 37.7 Å². The summed E-state index contributed by atoms with van der Waals surface area (Å²) in [6.45, 7) is 0. The molecule has 0 atom stereocenters. The van der Waals surface area contributed by atoms with Crippen LogP contribution in [0.5, 0.6) is 0 Å². The molecule has 2 heteroatoms.